The van der Waals surface area contributed by atoms with E-state index in [1.54, 1.807) is 0 Å². The maximum absolute atomic E-state index is 9.44. The van der Waals surface area contributed by atoms with Crippen molar-refractivity contribution in [1.82, 2.24) is 10.2 Å². The van der Waals surface area contributed by atoms with Crippen molar-refractivity contribution in [3.63, 3.8) is 0 Å². The molecule has 1 aliphatic heterocycles. The maximum Gasteiger partial charge on any atom is 0.0702 e. The number of nitrogens with one attached hydrogen (secondary N) is 1. The Hall–Kier alpha value is -0.160. The normalized spacial score (nSPS) is 26.8. The third-order valence-electron chi connectivity index (χ3n) is 4.34. The summed E-state index contributed by atoms with van der Waals surface area (Å²) in [4.78, 5) is 2.43. The van der Waals surface area contributed by atoms with Gasteiger partial charge >= 0.3 is 0 Å². The third-order valence-corrected chi connectivity index (χ3v) is 4.34. The Morgan fingerprint density at radius 2 is 2.16 bits per heavy atom. The molecule has 1 aliphatic rings. The average molecular weight is 272 g/mol. The molecular weight excluding hydrogens is 240 g/mol. The summed E-state index contributed by atoms with van der Waals surface area (Å²) in [5, 5.41) is 12.8. The number of likely N-dealkylation sites (N-methyl/N-ethyl adjacent to an activating group) is 2. The molecule has 0 aromatic carbocycles. The van der Waals surface area contributed by atoms with E-state index in [0.717, 1.165) is 39.0 Å². The van der Waals surface area contributed by atoms with Crippen LogP contribution in [-0.2, 0) is 4.74 Å². The van der Waals surface area contributed by atoms with Gasteiger partial charge in [0.2, 0.25) is 0 Å². The van der Waals surface area contributed by atoms with Crippen LogP contribution >= 0.6 is 0 Å². The Morgan fingerprint density at radius 3 is 2.68 bits per heavy atom. The van der Waals surface area contributed by atoms with Gasteiger partial charge in [0.15, 0.2) is 0 Å². The van der Waals surface area contributed by atoms with Crippen molar-refractivity contribution in [3.8, 4) is 0 Å². The SMILES string of the molecule is CCNC(C)(CO)CCCCN(C)C1CCOC1C. The lowest BCUT2D eigenvalue weighted by atomic mass is 9.95. The van der Waals surface area contributed by atoms with Crippen molar-refractivity contribution in [1.29, 1.82) is 0 Å². The molecule has 1 heterocycles. The molecule has 0 amide bonds. The van der Waals surface area contributed by atoms with Crippen LogP contribution in [0.4, 0.5) is 0 Å². The number of unbranched alkanes of at least 4 members (excludes halogenated alkanes) is 1. The van der Waals surface area contributed by atoms with Crippen LogP contribution in [0.5, 0.6) is 0 Å². The lowest BCUT2D eigenvalue weighted by molar-refractivity contribution is 0.0826. The van der Waals surface area contributed by atoms with Crippen LogP contribution in [0.3, 0.4) is 0 Å². The van der Waals surface area contributed by atoms with Crippen LogP contribution in [0.2, 0.25) is 0 Å². The summed E-state index contributed by atoms with van der Waals surface area (Å²) in [5.41, 5.74) is -0.114. The first-order valence-electron chi connectivity index (χ1n) is 7.70. The molecule has 1 rings (SSSR count). The molecule has 0 radical (unpaired) electrons. The minimum Gasteiger partial charge on any atom is -0.394 e. The molecule has 0 saturated carbocycles. The largest absolute Gasteiger partial charge is 0.394 e. The molecule has 4 heteroatoms. The smallest absolute Gasteiger partial charge is 0.0702 e. The molecule has 0 aromatic heterocycles. The van der Waals surface area contributed by atoms with Gasteiger partial charge in [-0.1, -0.05) is 13.3 Å². The van der Waals surface area contributed by atoms with E-state index in [9.17, 15) is 5.11 Å². The number of hydrogen-bond acceptors (Lipinski definition) is 4. The quantitative estimate of drug-likeness (QED) is 0.626. The van der Waals surface area contributed by atoms with Crippen molar-refractivity contribution >= 4 is 0 Å². The van der Waals surface area contributed by atoms with Crippen LogP contribution < -0.4 is 5.32 Å². The standard InChI is InChI=1S/C15H32N2O2/c1-5-16-15(3,12-18)9-6-7-10-17(4)14-8-11-19-13(14)2/h13-14,16,18H,5-12H2,1-4H3. The summed E-state index contributed by atoms with van der Waals surface area (Å²) >= 11 is 0. The molecule has 1 fully saturated rings. The van der Waals surface area contributed by atoms with Gasteiger partial charge < -0.3 is 20.1 Å². The van der Waals surface area contributed by atoms with Gasteiger partial charge in [-0.3, -0.25) is 0 Å². The van der Waals surface area contributed by atoms with Gasteiger partial charge in [-0.15, -0.1) is 0 Å². The Morgan fingerprint density at radius 1 is 1.42 bits per heavy atom. The van der Waals surface area contributed by atoms with Crippen LogP contribution in [0.1, 0.15) is 46.5 Å². The van der Waals surface area contributed by atoms with Crippen LogP contribution in [0, 0.1) is 0 Å². The predicted molar refractivity (Wildman–Crippen MR) is 79.5 cm³/mol. The molecule has 0 spiro atoms. The zero-order chi connectivity index (χ0) is 14.3. The Labute approximate surface area is 118 Å². The number of ether oxygens (including phenoxy) is 1. The summed E-state index contributed by atoms with van der Waals surface area (Å²) in [6.45, 7) is 9.50. The average Bonchev–Trinajstić information content (AvgIpc) is 2.81. The number of aliphatic hydroxyl groups excluding tert-OH is 1. The Balaban J connectivity index is 2.19. The highest BCUT2D eigenvalue weighted by atomic mass is 16.5. The van der Waals surface area contributed by atoms with Gasteiger partial charge in [0.1, 0.15) is 0 Å². The fraction of sp³-hybridized carbons (Fsp3) is 1.00. The molecular formula is C15H32N2O2. The topological polar surface area (TPSA) is 44.7 Å². The highest BCUT2D eigenvalue weighted by Crippen LogP contribution is 2.19. The second-order valence-corrected chi connectivity index (χ2v) is 6.12. The first kappa shape index (κ1) is 16.9. The van der Waals surface area contributed by atoms with Crippen molar-refractivity contribution in [2.24, 2.45) is 0 Å². The molecule has 0 bridgehead atoms. The summed E-state index contributed by atoms with van der Waals surface area (Å²) < 4.78 is 5.61. The van der Waals surface area contributed by atoms with Gasteiger partial charge in [-0.2, -0.15) is 0 Å². The van der Waals surface area contributed by atoms with E-state index >= 15 is 0 Å². The lowest BCUT2D eigenvalue weighted by Crippen LogP contribution is -2.45. The van der Waals surface area contributed by atoms with Crippen molar-refractivity contribution in [2.45, 2.75) is 64.1 Å². The van der Waals surface area contributed by atoms with E-state index in [1.165, 1.54) is 6.42 Å². The highest BCUT2D eigenvalue weighted by Gasteiger charge is 2.27. The molecule has 3 atom stereocenters. The molecule has 0 aromatic rings. The monoisotopic (exact) mass is 272 g/mol. The number of hydrogen-bond donors (Lipinski definition) is 2. The molecule has 114 valence electrons. The number of rotatable bonds is 9. The number of nitrogens with zero attached hydrogens (tertiary/aromatic N) is 1. The minimum absolute atomic E-state index is 0.114. The van der Waals surface area contributed by atoms with E-state index in [-0.39, 0.29) is 12.1 Å². The zero-order valence-electron chi connectivity index (χ0n) is 13.1. The summed E-state index contributed by atoms with van der Waals surface area (Å²) in [6.07, 6.45) is 4.89. The van der Waals surface area contributed by atoms with Crippen molar-refractivity contribution in [2.75, 3.05) is 33.4 Å². The van der Waals surface area contributed by atoms with E-state index in [2.05, 4.69) is 38.0 Å². The molecule has 3 unspecified atom stereocenters. The van der Waals surface area contributed by atoms with Crippen molar-refractivity contribution < 1.29 is 9.84 Å². The van der Waals surface area contributed by atoms with Crippen LogP contribution in [0.15, 0.2) is 0 Å². The minimum atomic E-state index is -0.114. The molecule has 0 aliphatic carbocycles. The van der Waals surface area contributed by atoms with E-state index < -0.39 is 0 Å². The second-order valence-electron chi connectivity index (χ2n) is 6.12. The van der Waals surface area contributed by atoms with Gasteiger partial charge in [0, 0.05) is 18.2 Å². The molecule has 19 heavy (non-hydrogen) atoms. The first-order chi connectivity index (χ1) is 9.02. The van der Waals surface area contributed by atoms with E-state index in [4.69, 9.17) is 4.74 Å². The molecule has 2 N–H and O–H groups in total. The summed E-state index contributed by atoms with van der Waals surface area (Å²) in [6, 6.07) is 0.581. The summed E-state index contributed by atoms with van der Waals surface area (Å²) in [7, 11) is 2.20. The van der Waals surface area contributed by atoms with Gasteiger partial charge in [0.05, 0.1) is 12.7 Å². The number of aliphatic hydroxyl groups is 1. The van der Waals surface area contributed by atoms with E-state index in [0.29, 0.717) is 12.1 Å². The van der Waals surface area contributed by atoms with Crippen molar-refractivity contribution in [3.05, 3.63) is 0 Å². The van der Waals surface area contributed by atoms with Gasteiger partial charge in [0.25, 0.3) is 0 Å². The third kappa shape index (κ3) is 5.38. The predicted octanol–water partition coefficient (Wildman–Crippen LogP) is 1.63. The van der Waals surface area contributed by atoms with Crippen LogP contribution in [0.25, 0.3) is 0 Å². The fourth-order valence-corrected chi connectivity index (χ4v) is 2.99. The first-order valence-corrected chi connectivity index (χ1v) is 7.70. The van der Waals surface area contributed by atoms with Gasteiger partial charge in [-0.05, 0) is 53.2 Å². The highest BCUT2D eigenvalue weighted by molar-refractivity contribution is 4.83. The van der Waals surface area contributed by atoms with E-state index in [1.807, 2.05) is 0 Å². The Bertz CT molecular complexity index is 250. The lowest BCUT2D eigenvalue weighted by Gasteiger charge is -2.30. The van der Waals surface area contributed by atoms with Crippen LogP contribution in [-0.4, -0.2) is 61.0 Å². The molecule has 1 saturated heterocycles. The molecule has 4 nitrogen and oxygen atoms in total. The summed E-state index contributed by atoms with van der Waals surface area (Å²) in [5.74, 6) is 0. The second kappa shape index (κ2) is 8.20. The van der Waals surface area contributed by atoms with Gasteiger partial charge in [-0.25, -0.2) is 0 Å². The fourth-order valence-electron chi connectivity index (χ4n) is 2.99. The maximum atomic E-state index is 9.44. The zero-order valence-corrected chi connectivity index (χ0v) is 13.1. The Kier molecular flexibility index (Phi) is 7.29.